The molecule has 0 bridgehead atoms. The van der Waals surface area contributed by atoms with E-state index in [1.165, 1.54) is 0 Å². The van der Waals surface area contributed by atoms with Gasteiger partial charge in [0.1, 0.15) is 5.75 Å². The summed E-state index contributed by atoms with van der Waals surface area (Å²) in [6.07, 6.45) is -0.612. The fraction of sp³-hybridized carbons (Fsp3) is 0.278. The monoisotopic (exact) mass is 317 g/mol. The second kappa shape index (κ2) is 6.84. The van der Waals surface area contributed by atoms with Gasteiger partial charge in [0.15, 0.2) is 6.10 Å². The molecule has 22 heavy (non-hydrogen) atoms. The van der Waals surface area contributed by atoms with Crippen molar-refractivity contribution in [3.8, 4) is 5.75 Å². The summed E-state index contributed by atoms with van der Waals surface area (Å²) in [5.41, 5.74) is 3.71. The third-order valence-electron chi connectivity index (χ3n) is 3.35. The molecule has 0 spiro atoms. The molecule has 1 unspecified atom stereocenters. The standard InChI is InChI=1S/C18H20ClNO2/c1-11-6-5-7-15(9-11)22-14(4)18(21)20-17-13(3)8-12(2)10-16(17)19/h5-10,14H,1-4H3,(H,20,21). The molecule has 0 aliphatic rings. The highest BCUT2D eigenvalue weighted by Crippen LogP contribution is 2.27. The second-order valence-corrected chi connectivity index (χ2v) is 5.91. The summed E-state index contributed by atoms with van der Waals surface area (Å²) in [5.74, 6) is 0.449. The average Bonchev–Trinajstić information content (AvgIpc) is 2.42. The maximum absolute atomic E-state index is 12.3. The summed E-state index contributed by atoms with van der Waals surface area (Å²) in [6.45, 7) is 7.58. The van der Waals surface area contributed by atoms with Crippen LogP contribution in [0.1, 0.15) is 23.6 Å². The Bertz CT molecular complexity index is 674. The molecule has 0 saturated heterocycles. The molecule has 0 aliphatic heterocycles. The van der Waals surface area contributed by atoms with Crippen molar-refractivity contribution in [1.82, 2.24) is 0 Å². The molecule has 3 nitrogen and oxygen atoms in total. The maximum Gasteiger partial charge on any atom is 0.265 e. The largest absolute Gasteiger partial charge is 0.481 e. The van der Waals surface area contributed by atoms with Gasteiger partial charge in [-0.15, -0.1) is 0 Å². The summed E-state index contributed by atoms with van der Waals surface area (Å²) in [5, 5.41) is 3.38. The van der Waals surface area contributed by atoms with E-state index in [-0.39, 0.29) is 5.91 Å². The van der Waals surface area contributed by atoms with Crippen LogP contribution in [0.2, 0.25) is 5.02 Å². The van der Waals surface area contributed by atoms with Crippen molar-refractivity contribution in [2.45, 2.75) is 33.8 Å². The lowest BCUT2D eigenvalue weighted by molar-refractivity contribution is -0.122. The van der Waals surface area contributed by atoms with Crippen LogP contribution in [-0.2, 0) is 4.79 Å². The fourth-order valence-corrected chi connectivity index (χ4v) is 2.61. The number of halogens is 1. The summed E-state index contributed by atoms with van der Waals surface area (Å²) >= 11 is 6.21. The van der Waals surface area contributed by atoms with Crippen molar-refractivity contribution in [3.05, 3.63) is 58.1 Å². The molecule has 0 fully saturated rings. The van der Waals surface area contributed by atoms with Gasteiger partial charge in [0.25, 0.3) is 5.91 Å². The molecule has 1 N–H and O–H groups in total. The van der Waals surface area contributed by atoms with Crippen LogP contribution in [0.5, 0.6) is 5.75 Å². The number of rotatable bonds is 4. The first kappa shape index (κ1) is 16.4. The Morgan fingerprint density at radius 1 is 1.14 bits per heavy atom. The Kier molecular flexibility index (Phi) is 5.09. The smallest absolute Gasteiger partial charge is 0.265 e. The lowest BCUT2D eigenvalue weighted by Crippen LogP contribution is -2.30. The minimum absolute atomic E-state index is 0.227. The average molecular weight is 318 g/mol. The fourth-order valence-electron chi connectivity index (χ4n) is 2.25. The molecule has 116 valence electrons. The van der Waals surface area contributed by atoms with Gasteiger partial charge in [0.05, 0.1) is 10.7 Å². The van der Waals surface area contributed by atoms with E-state index in [2.05, 4.69) is 5.32 Å². The Morgan fingerprint density at radius 3 is 2.50 bits per heavy atom. The Labute approximate surface area is 136 Å². The number of nitrogens with one attached hydrogen (secondary N) is 1. The van der Waals surface area contributed by atoms with Crippen LogP contribution in [0.4, 0.5) is 5.69 Å². The van der Waals surface area contributed by atoms with E-state index in [0.717, 1.165) is 16.7 Å². The molecule has 2 aromatic rings. The molecular formula is C18H20ClNO2. The van der Waals surface area contributed by atoms with Crippen molar-refractivity contribution >= 4 is 23.2 Å². The lowest BCUT2D eigenvalue weighted by Gasteiger charge is -2.17. The van der Waals surface area contributed by atoms with Gasteiger partial charge in [-0.2, -0.15) is 0 Å². The van der Waals surface area contributed by atoms with Crippen LogP contribution in [0.25, 0.3) is 0 Å². The Balaban J connectivity index is 2.09. The van der Waals surface area contributed by atoms with Crippen LogP contribution in [0, 0.1) is 20.8 Å². The molecule has 1 atom stereocenters. The first-order valence-electron chi connectivity index (χ1n) is 7.18. The van der Waals surface area contributed by atoms with E-state index in [4.69, 9.17) is 16.3 Å². The van der Waals surface area contributed by atoms with E-state index in [0.29, 0.717) is 16.5 Å². The third-order valence-corrected chi connectivity index (χ3v) is 3.65. The molecule has 1 amide bonds. The number of ether oxygens (including phenoxy) is 1. The van der Waals surface area contributed by atoms with E-state index < -0.39 is 6.10 Å². The third kappa shape index (κ3) is 4.01. The van der Waals surface area contributed by atoms with Gasteiger partial charge in [-0.05, 0) is 62.6 Å². The predicted octanol–water partition coefficient (Wildman–Crippen LogP) is 4.67. The van der Waals surface area contributed by atoms with Gasteiger partial charge in [0.2, 0.25) is 0 Å². The summed E-state index contributed by atoms with van der Waals surface area (Å²) in [6, 6.07) is 11.4. The summed E-state index contributed by atoms with van der Waals surface area (Å²) in [4.78, 5) is 12.3. The number of hydrogen-bond acceptors (Lipinski definition) is 2. The zero-order chi connectivity index (χ0) is 16.3. The van der Waals surface area contributed by atoms with Gasteiger partial charge >= 0.3 is 0 Å². The highest BCUT2D eigenvalue weighted by molar-refractivity contribution is 6.34. The van der Waals surface area contributed by atoms with Gasteiger partial charge in [-0.1, -0.05) is 29.8 Å². The maximum atomic E-state index is 12.3. The van der Waals surface area contributed by atoms with E-state index >= 15 is 0 Å². The summed E-state index contributed by atoms with van der Waals surface area (Å²) in [7, 11) is 0. The molecular weight excluding hydrogens is 298 g/mol. The first-order valence-corrected chi connectivity index (χ1v) is 7.55. The van der Waals surface area contributed by atoms with Crippen molar-refractivity contribution in [2.75, 3.05) is 5.32 Å². The number of benzene rings is 2. The van der Waals surface area contributed by atoms with Crippen molar-refractivity contribution in [3.63, 3.8) is 0 Å². The van der Waals surface area contributed by atoms with Crippen LogP contribution in [0.3, 0.4) is 0 Å². The number of amides is 1. The van der Waals surface area contributed by atoms with Gasteiger partial charge < -0.3 is 10.1 Å². The minimum atomic E-state index is -0.612. The van der Waals surface area contributed by atoms with Gasteiger partial charge in [0, 0.05) is 0 Å². The SMILES string of the molecule is Cc1cccc(OC(C)C(=O)Nc2c(C)cc(C)cc2Cl)c1. The summed E-state index contributed by atoms with van der Waals surface area (Å²) < 4.78 is 5.68. The Morgan fingerprint density at radius 2 is 1.86 bits per heavy atom. The number of anilines is 1. The highest BCUT2D eigenvalue weighted by atomic mass is 35.5. The van der Waals surface area contributed by atoms with Crippen LogP contribution in [0.15, 0.2) is 36.4 Å². The van der Waals surface area contributed by atoms with Crippen LogP contribution >= 0.6 is 11.6 Å². The zero-order valence-corrected chi connectivity index (χ0v) is 14.0. The normalized spacial score (nSPS) is 11.9. The topological polar surface area (TPSA) is 38.3 Å². The van der Waals surface area contributed by atoms with Crippen LogP contribution < -0.4 is 10.1 Å². The molecule has 0 radical (unpaired) electrons. The number of carbonyl (C=O) groups is 1. The zero-order valence-electron chi connectivity index (χ0n) is 13.2. The molecule has 2 aromatic carbocycles. The van der Waals surface area contributed by atoms with Gasteiger partial charge in [-0.25, -0.2) is 0 Å². The minimum Gasteiger partial charge on any atom is -0.481 e. The van der Waals surface area contributed by atoms with E-state index in [9.17, 15) is 4.79 Å². The molecule has 0 aromatic heterocycles. The number of carbonyl (C=O) groups excluding carboxylic acids is 1. The van der Waals surface area contributed by atoms with E-state index in [1.807, 2.05) is 57.2 Å². The quantitative estimate of drug-likeness (QED) is 0.889. The molecule has 0 aliphatic carbocycles. The molecule has 0 heterocycles. The molecule has 4 heteroatoms. The Hall–Kier alpha value is -2.00. The molecule has 2 rings (SSSR count). The van der Waals surface area contributed by atoms with E-state index in [1.54, 1.807) is 6.92 Å². The predicted molar refractivity (Wildman–Crippen MR) is 90.8 cm³/mol. The number of aryl methyl sites for hydroxylation is 3. The molecule has 0 saturated carbocycles. The first-order chi connectivity index (χ1) is 10.4. The highest BCUT2D eigenvalue weighted by Gasteiger charge is 2.17. The second-order valence-electron chi connectivity index (χ2n) is 5.50. The number of hydrogen-bond donors (Lipinski definition) is 1. The van der Waals surface area contributed by atoms with Crippen molar-refractivity contribution < 1.29 is 9.53 Å². The lowest BCUT2D eigenvalue weighted by atomic mass is 10.1. The van der Waals surface area contributed by atoms with Gasteiger partial charge in [-0.3, -0.25) is 4.79 Å². The van der Waals surface area contributed by atoms with Crippen molar-refractivity contribution in [2.24, 2.45) is 0 Å². The van der Waals surface area contributed by atoms with Crippen LogP contribution in [-0.4, -0.2) is 12.0 Å². The van der Waals surface area contributed by atoms with Crippen molar-refractivity contribution in [1.29, 1.82) is 0 Å².